The van der Waals surface area contributed by atoms with E-state index < -0.39 is 0 Å². The van der Waals surface area contributed by atoms with E-state index in [1.54, 1.807) is 0 Å². The second-order valence-corrected chi connectivity index (χ2v) is 8.51. The standard InChI is InChI=1S/C25H35N5O/c1-3-26-25(27-18-21-14-17-31-24(21)20-9-5-4-6-10-20)29-22-12-15-30(16-13-22)23-11-7-8-19(2)28-23/h4-11,21-22,24H,3,12-18H2,1-2H3,(H2,26,27,29). The van der Waals surface area contributed by atoms with Crippen LogP contribution in [0.4, 0.5) is 5.82 Å². The summed E-state index contributed by atoms with van der Waals surface area (Å²) in [6.07, 6.45) is 3.38. The predicted octanol–water partition coefficient (Wildman–Crippen LogP) is 3.69. The minimum atomic E-state index is 0.151. The number of pyridine rings is 1. The molecule has 0 radical (unpaired) electrons. The maximum Gasteiger partial charge on any atom is 0.191 e. The van der Waals surface area contributed by atoms with Gasteiger partial charge in [0.2, 0.25) is 0 Å². The van der Waals surface area contributed by atoms with Gasteiger partial charge in [-0.1, -0.05) is 36.4 Å². The van der Waals surface area contributed by atoms with Crippen molar-refractivity contribution in [2.75, 3.05) is 37.7 Å². The molecule has 0 spiro atoms. The van der Waals surface area contributed by atoms with E-state index in [2.05, 4.69) is 82.9 Å². The number of nitrogens with one attached hydrogen (secondary N) is 2. The lowest BCUT2D eigenvalue weighted by molar-refractivity contribution is 0.0925. The Balaban J connectivity index is 1.32. The molecule has 31 heavy (non-hydrogen) atoms. The van der Waals surface area contributed by atoms with Crippen LogP contribution in [0.2, 0.25) is 0 Å². The number of benzene rings is 1. The van der Waals surface area contributed by atoms with E-state index in [1.165, 1.54) is 5.56 Å². The van der Waals surface area contributed by atoms with Crippen molar-refractivity contribution in [1.82, 2.24) is 15.6 Å². The summed E-state index contributed by atoms with van der Waals surface area (Å²) in [7, 11) is 0. The largest absolute Gasteiger partial charge is 0.373 e. The molecule has 1 aromatic carbocycles. The van der Waals surface area contributed by atoms with Crippen LogP contribution in [0.25, 0.3) is 0 Å². The summed E-state index contributed by atoms with van der Waals surface area (Å²) in [5.41, 5.74) is 2.33. The molecular formula is C25H35N5O. The summed E-state index contributed by atoms with van der Waals surface area (Å²) in [4.78, 5) is 12.0. The third-order valence-corrected chi connectivity index (χ3v) is 6.20. The van der Waals surface area contributed by atoms with E-state index in [9.17, 15) is 0 Å². The van der Waals surface area contributed by atoms with E-state index in [0.717, 1.165) is 69.5 Å². The van der Waals surface area contributed by atoms with Crippen LogP contribution in [0, 0.1) is 12.8 Å². The predicted molar refractivity (Wildman–Crippen MR) is 127 cm³/mol. The fourth-order valence-electron chi connectivity index (χ4n) is 4.51. The Morgan fingerprint density at radius 2 is 1.90 bits per heavy atom. The van der Waals surface area contributed by atoms with E-state index in [1.807, 2.05) is 0 Å². The fraction of sp³-hybridized carbons (Fsp3) is 0.520. The van der Waals surface area contributed by atoms with Crippen molar-refractivity contribution in [1.29, 1.82) is 0 Å². The molecule has 3 heterocycles. The summed E-state index contributed by atoms with van der Waals surface area (Å²) in [6.45, 7) is 8.65. The number of ether oxygens (including phenoxy) is 1. The molecule has 2 aromatic rings. The minimum Gasteiger partial charge on any atom is -0.373 e. The zero-order chi connectivity index (χ0) is 21.5. The van der Waals surface area contributed by atoms with Gasteiger partial charge in [0.25, 0.3) is 0 Å². The van der Waals surface area contributed by atoms with Gasteiger partial charge in [-0.05, 0) is 50.8 Å². The van der Waals surface area contributed by atoms with Crippen LogP contribution in [-0.4, -0.2) is 49.8 Å². The van der Waals surface area contributed by atoms with Gasteiger partial charge in [0.1, 0.15) is 5.82 Å². The number of guanidine groups is 1. The second kappa shape index (κ2) is 10.6. The summed E-state index contributed by atoms with van der Waals surface area (Å²) in [6, 6.07) is 17.2. The number of hydrogen-bond donors (Lipinski definition) is 2. The Kier molecular flexibility index (Phi) is 7.41. The molecule has 6 nitrogen and oxygen atoms in total. The highest BCUT2D eigenvalue weighted by molar-refractivity contribution is 5.80. The number of anilines is 1. The van der Waals surface area contributed by atoms with Crippen LogP contribution in [0.3, 0.4) is 0 Å². The summed E-state index contributed by atoms with van der Waals surface area (Å²) in [5.74, 6) is 2.44. The highest BCUT2D eigenvalue weighted by Crippen LogP contribution is 2.34. The van der Waals surface area contributed by atoms with Crippen LogP contribution >= 0.6 is 0 Å². The third kappa shape index (κ3) is 5.76. The van der Waals surface area contributed by atoms with Crippen molar-refractivity contribution in [2.45, 2.75) is 45.3 Å². The molecule has 2 atom stereocenters. The molecule has 2 aliphatic rings. The SMILES string of the molecule is CCNC(=NCC1CCOC1c1ccccc1)NC1CCN(c2cccc(C)n2)CC1. The van der Waals surface area contributed by atoms with Crippen molar-refractivity contribution < 1.29 is 4.74 Å². The first-order chi connectivity index (χ1) is 15.2. The van der Waals surface area contributed by atoms with Crippen LogP contribution in [-0.2, 0) is 4.74 Å². The minimum absolute atomic E-state index is 0.151. The van der Waals surface area contributed by atoms with Crippen LogP contribution in [0.15, 0.2) is 53.5 Å². The highest BCUT2D eigenvalue weighted by Gasteiger charge is 2.29. The van der Waals surface area contributed by atoms with Crippen molar-refractivity contribution in [2.24, 2.45) is 10.9 Å². The molecule has 2 aliphatic heterocycles. The number of aryl methyl sites for hydroxylation is 1. The zero-order valence-electron chi connectivity index (χ0n) is 18.8. The van der Waals surface area contributed by atoms with Crippen LogP contribution in [0.1, 0.15) is 43.5 Å². The molecule has 0 bridgehead atoms. The monoisotopic (exact) mass is 421 g/mol. The van der Waals surface area contributed by atoms with Crippen molar-refractivity contribution in [3.8, 4) is 0 Å². The van der Waals surface area contributed by atoms with Crippen molar-refractivity contribution >= 4 is 11.8 Å². The van der Waals surface area contributed by atoms with Crippen molar-refractivity contribution in [3.05, 3.63) is 59.8 Å². The maximum absolute atomic E-state index is 6.03. The average molecular weight is 422 g/mol. The zero-order valence-corrected chi connectivity index (χ0v) is 18.8. The number of piperidine rings is 1. The summed E-state index contributed by atoms with van der Waals surface area (Å²) < 4.78 is 6.03. The fourth-order valence-corrected chi connectivity index (χ4v) is 4.51. The molecule has 4 rings (SSSR count). The Bertz CT molecular complexity index is 848. The average Bonchev–Trinajstić information content (AvgIpc) is 3.27. The lowest BCUT2D eigenvalue weighted by Crippen LogP contribution is -2.49. The molecule has 2 saturated heterocycles. The Morgan fingerprint density at radius 3 is 2.65 bits per heavy atom. The molecule has 2 N–H and O–H groups in total. The topological polar surface area (TPSA) is 61.8 Å². The first kappa shape index (κ1) is 21.6. The molecule has 0 amide bonds. The van der Waals surface area contributed by atoms with Gasteiger partial charge in [-0.2, -0.15) is 0 Å². The van der Waals surface area contributed by atoms with Gasteiger partial charge in [-0.15, -0.1) is 0 Å². The van der Waals surface area contributed by atoms with Crippen LogP contribution in [0.5, 0.6) is 0 Å². The number of hydrogen-bond acceptors (Lipinski definition) is 4. The molecule has 2 fully saturated rings. The Morgan fingerprint density at radius 1 is 1.10 bits per heavy atom. The summed E-state index contributed by atoms with van der Waals surface area (Å²) in [5, 5.41) is 7.10. The summed E-state index contributed by atoms with van der Waals surface area (Å²) >= 11 is 0. The number of aliphatic imine (C=N–C) groups is 1. The normalized spacial score (nSPS) is 22.5. The molecule has 6 heteroatoms. The quantitative estimate of drug-likeness (QED) is 0.550. The number of aromatic nitrogens is 1. The van der Waals surface area contributed by atoms with Crippen LogP contribution < -0.4 is 15.5 Å². The van der Waals surface area contributed by atoms with E-state index >= 15 is 0 Å². The molecule has 2 unspecified atom stereocenters. The second-order valence-electron chi connectivity index (χ2n) is 8.51. The number of rotatable bonds is 6. The lowest BCUT2D eigenvalue weighted by atomic mass is 9.95. The number of nitrogens with zero attached hydrogens (tertiary/aromatic N) is 3. The van der Waals surface area contributed by atoms with E-state index in [4.69, 9.17) is 9.73 Å². The molecule has 1 aromatic heterocycles. The first-order valence-electron chi connectivity index (χ1n) is 11.6. The molecule has 0 saturated carbocycles. The Hall–Kier alpha value is -2.60. The Labute approximate surface area is 186 Å². The lowest BCUT2D eigenvalue weighted by Gasteiger charge is -2.34. The third-order valence-electron chi connectivity index (χ3n) is 6.20. The van der Waals surface area contributed by atoms with Crippen molar-refractivity contribution in [3.63, 3.8) is 0 Å². The van der Waals surface area contributed by atoms with Gasteiger partial charge in [0.15, 0.2) is 5.96 Å². The maximum atomic E-state index is 6.03. The van der Waals surface area contributed by atoms with Gasteiger partial charge < -0.3 is 20.3 Å². The van der Waals surface area contributed by atoms with Gasteiger partial charge >= 0.3 is 0 Å². The van der Waals surface area contributed by atoms with Gasteiger partial charge in [0.05, 0.1) is 6.10 Å². The van der Waals surface area contributed by atoms with E-state index in [0.29, 0.717) is 12.0 Å². The highest BCUT2D eigenvalue weighted by atomic mass is 16.5. The first-order valence-corrected chi connectivity index (χ1v) is 11.6. The van der Waals surface area contributed by atoms with E-state index in [-0.39, 0.29) is 6.10 Å². The molecule has 166 valence electrons. The molecule has 0 aliphatic carbocycles. The van der Waals surface area contributed by atoms with Gasteiger partial charge in [-0.25, -0.2) is 4.98 Å². The smallest absolute Gasteiger partial charge is 0.191 e. The molecular weight excluding hydrogens is 386 g/mol. The van der Waals surface area contributed by atoms with Gasteiger partial charge in [-0.3, -0.25) is 4.99 Å². The van der Waals surface area contributed by atoms with Gasteiger partial charge in [0, 0.05) is 50.4 Å².